The topological polar surface area (TPSA) is 100 Å². The molecule has 1 aromatic carbocycles. The highest BCUT2D eigenvalue weighted by atomic mass is 35.5. The monoisotopic (exact) mass is 454 g/mol. The molecule has 0 spiro atoms. The summed E-state index contributed by atoms with van der Waals surface area (Å²) in [5.74, 6) is 0.847. The Morgan fingerprint density at radius 1 is 1.19 bits per heavy atom. The number of likely N-dealkylation sites (N-methyl/N-ethyl adjacent to an activating group) is 1. The molecule has 168 valence electrons. The number of nitrogens with one attached hydrogen (secondary N) is 2. The molecule has 32 heavy (non-hydrogen) atoms. The van der Waals surface area contributed by atoms with Crippen LogP contribution in [0.3, 0.4) is 0 Å². The summed E-state index contributed by atoms with van der Waals surface area (Å²) in [6.45, 7) is 5.50. The number of carbonyl (C=O) groups is 1. The number of piperazine rings is 1. The van der Waals surface area contributed by atoms with Gasteiger partial charge in [-0.2, -0.15) is 10.2 Å². The first-order valence-electron chi connectivity index (χ1n) is 10.8. The molecule has 2 aliphatic heterocycles. The molecule has 0 saturated carbocycles. The number of halogens is 1. The number of hydrogen-bond donors (Lipinski definition) is 2. The van der Waals surface area contributed by atoms with Crippen LogP contribution in [-0.2, 0) is 4.79 Å². The third kappa shape index (κ3) is 5.39. The molecule has 2 fully saturated rings. The van der Waals surface area contributed by atoms with E-state index in [0.29, 0.717) is 29.9 Å². The van der Waals surface area contributed by atoms with Crippen LogP contribution in [-0.4, -0.2) is 73.1 Å². The van der Waals surface area contributed by atoms with E-state index in [4.69, 9.17) is 16.9 Å². The highest BCUT2D eigenvalue weighted by Crippen LogP contribution is 2.28. The summed E-state index contributed by atoms with van der Waals surface area (Å²) in [6.07, 6.45) is 2.23. The molecule has 4 rings (SSSR count). The Morgan fingerprint density at radius 3 is 2.66 bits per heavy atom. The minimum absolute atomic E-state index is 0.0274. The minimum atomic E-state index is -0.254. The summed E-state index contributed by atoms with van der Waals surface area (Å²) in [5.41, 5.74) is 2.11. The highest BCUT2D eigenvalue weighted by molar-refractivity contribution is 6.32. The van der Waals surface area contributed by atoms with Crippen LogP contribution in [0.15, 0.2) is 30.5 Å². The Balaban J connectivity index is 1.39. The van der Waals surface area contributed by atoms with Gasteiger partial charge in [-0.05, 0) is 37.7 Å². The molecule has 2 aliphatic rings. The van der Waals surface area contributed by atoms with Crippen molar-refractivity contribution in [3.8, 4) is 6.07 Å². The van der Waals surface area contributed by atoms with Crippen molar-refractivity contribution in [2.75, 3.05) is 61.4 Å². The fourth-order valence-electron chi connectivity index (χ4n) is 4.01. The molecule has 9 nitrogen and oxygen atoms in total. The number of amides is 1. The van der Waals surface area contributed by atoms with Crippen LogP contribution in [0.1, 0.15) is 12.8 Å². The Morgan fingerprint density at radius 2 is 1.94 bits per heavy atom. The van der Waals surface area contributed by atoms with Gasteiger partial charge in [0.1, 0.15) is 11.4 Å². The second kappa shape index (κ2) is 10.0. The molecule has 0 radical (unpaired) electrons. The molecule has 0 bridgehead atoms. The number of aromatic nitrogens is 2. The summed E-state index contributed by atoms with van der Waals surface area (Å²) < 4.78 is 0. The van der Waals surface area contributed by atoms with Crippen molar-refractivity contribution < 1.29 is 4.79 Å². The second-order valence-electron chi connectivity index (χ2n) is 8.16. The van der Waals surface area contributed by atoms with Crippen molar-refractivity contribution >= 4 is 40.6 Å². The van der Waals surface area contributed by atoms with Gasteiger partial charge in [0.05, 0.1) is 12.3 Å². The average Bonchev–Trinajstić information content (AvgIpc) is 3.24. The molecule has 0 unspecified atom stereocenters. The van der Waals surface area contributed by atoms with Crippen molar-refractivity contribution in [3.05, 3.63) is 35.5 Å². The summed E-state index contributed by atoms with van der Waals surface area (Å²) in [7, 11) is 2.15. The van der Waals surface area contributed by atoms with Crippen LogP contribution < -0.4 is 20.4 Å². The van der Waals surface area contributed by atoms with Crippen molar-refractivity contribution in [1.29, 1.82) is 5.26 Å². The lowest BCUT2D eigenvalue weighted by Crippen LogP contribution is -2.44. The minimum Gasteiger partial charge on any atom is -0.369 e. The van der Waals surface area contributed by atoms with Gasteiger partial charge in [-0.15, -0.1) is 0 Å². The quantitative estimate of drug-likeness (QED) is 0.685. The lowest BCUT2D eigenvalue weighted by Gasteiger charge is -2.34. The van der Waals surface area contributed by atoms with E-state index < -0.39 is 0 Å². The number of nitrogens with zero attached hydrogens (tertiary/aromatic N) is 6. The molecule has 2 aromatic rings. The normalized spacial score (nSPS) is 19.0. The van der Waals surface area contributed by atoms with Gasteiger partial charge in [-0.3, -0.25) is 4.79 Å². The summed E-state index contributed by atoms with van der Waals surface area (Å²) >= 11 is 6.37. The van der Waals surface area contributed by atoms with E-state index in [1.54, 1.807) is 6.20 Å². The van der Waals surface area contributed by atoms with Crippen molar-refractivity contribution in [2.45, 2.75) is 18.9 Å². The van der Waals surface area contributed by atoms with Gasteiger partial charge in [0.15, 0.2) is 5.82 Å². The van der Waals surface area contributed by atoms with E-state index in [9.17, 15) is 4.79 Å². The number of carbonyl (C=O) groups excluding carboxylic acids is 1. The number of hydrogen-bond acceptors (Lipinski definition) is 8. The molecular weight excluding hydrogens is 428 g/mol. The first-order chi connectivity index (χ1) is 15.5. The van der Waals surface area contributed by atoms with E-state index in [1.807, 2.05) is 23.1 Å². The van der Waals surface area contributed by atoms with E-state index in [0.717, 1.165) is 38.3 Å². The number of nitriles is 1. The molecular formula is C22H27ClN8O. The van der Waals surface area contributed by atoms with Crippen LogP contribution >= 0.6 is 11.6 Å². The van der Waals surface area contributed by atoms with Gasteiger partial charge < -0.3 is 25.3 Å². The molecule has 10 heteroatoms. The second-order valence-corrected chi connectivity index (χ2v) is 8.57. The van der Waals surface area contributed by atoms with Crippen LogP contribution in [0.5, 0.6) is 0 Å². The van der Waals surface area contributed by atoms with Crippen molar-refractivity contribution in [2.24, 2.45) is 0 Å². The molecule has 0 aliphatic carbocycles. The molecule has 3 heterocycles. The molecule has 1 atom stereocenters. The van der Waals surface area contributed by atoms with Gasteiger partial charge in [0.2, 0.25) is 11.9 Å². The maximum atomic E-state index is 11.7. The predicted octanol–water partition coefficient (Wildman–Crippen LogP) is 2.23. The summed E-state index contributed by atoms with van der Waals surface area (Å²) in [5, 5.41) is 15.2. The lowest BCUT2D eigenvalue weighted by atomic mass is 10.2. The van der Waals surface area contributed by atoms with E-state index >= 15 is 0 Å². The van der Waals surface area contributed by atoms with Crippen molar-refractivity contribution in [3.63, 3.8) is 0 Å². The Labute approximate surface area is 193 Å². The van der Waals surface area contributed by atoms with Crippen LogP contribution in [0.2, 0.25) is 5.02 Å². The third-order valence-electron chi connectivity index (χ3n) is 5.81. The SMILES string of the molecule is CN1CCN(c2ccc(Nc3ncc(Cl)c(N4CC[C@@H](NC(=O)CC#N)C4)n3)cc2)CC1. The van der Waals surface area contributed by atoms with Gasteiger partial charge in [-0.1, -0.05) is 11.6 Å². The van der Waals surface area contributed by atoms with E-state index in [2.05, 4.69) is 49.6 Å². The summed E-state index contributed by atoms with van der Waals surface area (Å²) in [4.78, 5) is 27.4. The van der Waals surface area contributed by atoms with Gasteiger partial charge in [0, 0.05) is 56.7 Å². The van der Waals surface area contributed by atoms with Crippen LogP contribution in [0.4, 0.5) is 23.1 Å². The maximum Gasteiger partial charge on any atom is 0.234 e. The first kappa shape index (κ1) is 22.1. The molecule has 1 amide bonds. The molecule has 1 aromatic heterocycles. The highest BCUT2D eigenvalue weighted by Gasteiger charge is 2.26. The lowest BCUT2D eigenvalue weighted by molar-refractivity contribution is -0.120. The third-order valence-corrected chi connectivity index (χ3v) is 6.08. The van der Waals surface area contributed by atoms with E-state index in [-0.39, 0.29) is 18.4 Å². The Hall–Kier alpha value is -3.09. The molecule has 2 N–H and O–H groups in total. The van der Waals surface area contributed by atoms with E-state index in [1.165, 1.54) is 5.69 Å². The smallest absolute Gasteiger partial charge is 0.234 e. The fourth-order valence-corrected chi connectivity index (χ4v) is 4.22. The number of benzene rings is 1. The maximum absolute atomic E-state index is 11.7. The zero-order valence-corrected chi connectivity index (χ0v) is 18.8. The Bertz CT molecular complexity index is 984. The first-order valence-corrected chi connectivity index (χ1v) is 11.1. The van der Waals surface area contributed by atoms with Crippen LogP contribution in [0, 0.1) is 11.3 Å². The van der Waals surface area contributed by atoms with Crippen molar-refractivity contribution in [1.82, 2.24) is 20.2 Å². The van der Waals surface area contributed by atoms with Crippen LogP contribution in [0.25, 0.3) is 0 Å². The largest absolute Gasteiger partial charge is 0.369 e. The molecule has 2 saturated heterocycles. The van der Waals surface area contributed by atoms with Gasteiger partial charge in [0.25, 0.3) is 0 Å². The fraction of sp³-hybridized carbons (Fsp3) is 0.455. The van der Waals surface area contributed by atoms with Gasteiger partial charge in [-0.25, -0.2) is 4.98 Å². The number of rotatable bonds is 6. The predicted molar refractivity (Wildman–Crippen MR) is 125 cm³/mol. The Kier molecular flexibility index (Phi) is 6.93. The zero-order valence-electron chi connectivity index (χ0n) is 18.1. The van der Waals surface area contributed by atoms with Gasteiger partial charge >= 0.3 is 0 Å². The average molecular weight is 455 g/mol. The number of anilines is 4. The standard InChI is InChI=1S/C22H27ClN8O/c1-29-10-12-30(13-11-29)18-4-2-16(3-5-18)27-22-25-14-19(23)21(28-22)31-9-7-17(15-31)26-20(32)6-8-24/h2-5,14,17H,6-7,9-13,15H2,1H3,(H,26,32)(H,25,27,28)/t17-/m1/s1. The zero-order chi connectivity index (χ0) is 22.5. The summed E-state index contributed by atoms with van der Waals surface area (Å²) in [6, 6.07) is 10.1.